The van der Waals surface area contributed by atoms with Gasteiger partial charge < -0.3 is 19.7 Å². The zero-order valence-corrected chi connectivity index (χ0v) is 21.2. The molecule has 2 aromatic heterocycles. The monoisotopic (exact) mass is 483 g/mol. The van der Waals surface area contributed by atoms with Crippen molar-refractivity contribution in [2.24, 2.45) is 0 Å². The van der Waals surface area contributed by atoms with Crippen molar-refractivity contribution in [3.63, 3.8) is 0 Å². The summed E-state index contributed by atoms with van der Waals surface area (Å²) in [6.07, 6.45) is 2.78. The first-order chi connectivity index (χ1) is 16.5. The molecule has 0 saturated carbocycles. The highest BCUT2D eigenvalue weighted by atomic mass is 32.1. The molecule has 1 aliphatic heterocycles. The normalized spacial score (nSPS) is 14.4. The Morgan fingerprint density at radius 1 is 1.15 bits per heavy atom. The van der Waals surface area contributed by atoms with Crippen molar-refractivity contribution in [2.75, 3.05) is 51.3 Å². The zero-order valence-electron chi connectivity index (χ0n) is 20.4. The van der Waals surface area contributed by atoms with Crippen LogP contribution in [0, 0.1) is 6.92 Å². The van der Waals surface area contributed by atoms with Crippen LogP contribution in [0.2, 0.25) is 0 Å². The minimum atomic E-state index is -0.105. The van der Waals surface area contributed by atoms with Crippen LogP contribution in [-0.2, 0) is 6.54 Å². The maximum atomic E-state index is 13.1. The number of methoxy groups -OCH3 is 1. The van der Waals surface area contributed by atoms with Gasteiger partial charge in [0.05, 0.1) is 24.0 Å². The van der Waals surface area contributed by atoms with E-state index in [-0.39, 0.29) is 5.91 Å². The van der Waals surface area contributed by atoms with Crippen LogP contribution in [0.4, 0.5) is 5.82 Å². The number of ether oxygens (including phenoxy) is 2. The maximum Gasteiger partial charge on any atom is 0.261 e. The number of carbonyl (C=O) groups is 1. The molecule has 1 fully saturated rings. The van der Waals surface area contributed by atoms with Crippen molar-refractivity contribution in [1.82, 2.24) is 20.2 Å². The smallest absolute Gasteiger partial charge is 0.261 e. The van der Waals surface area contributed by atoms with E-state index < -0.39 is 0 Å². The third kappa shape index (κ3) is 5.10. The van der Waals surface area contributed by atoms with Gasteiger partial charge in [-0.15, -0.1) is 11.3 Å². The molecule has 0 bridgehead atoms. The molecule has 8 nitrogen and oxygen atoms in total. The number of nitrogens with zero attached hydrogens (tertiary/aromatic N) is 4. The van der Waals surface area contributed by atoms with Crippen molar-refractivity contribution >= 4 is 33.3 Å². The number of benzene rings is 1. The maximum absolute atomic E-state index is 13.1. The van der Waals surface area contributed by atoms with E-state index >= 15 is 0 Å². The first-order valence-corrected chi connectivity index (χ1v) is 12.7. The summed E-state index contributed by atoms with van der Waals surface area (Å²) in [4.78, 5) is 28.5. The Kier molecular flexibility index (Phi) is 7.84. The number of fused-ring (bicyclic) bond motifs is 1. The first kappa shape index (κ1) is 24.2. The van der Waals surface area contributed by atoms with Crippen LogP contribution in [0.15, 0.2) is 24.5 Å². The number of piperazine rings is 1. The number of thiophene rings is 1. The summed E-state index contributed by atoms with van der Waals surface area (Å²) in [5.74, 6) is 2.19. The average Bonchev–Trinajstić information content (AvgIpc) is 3.21. The molecule has 1 aliphatic rings. The van der Waals surface area contributed by atoms with E-state index in [4.69, 9.17) is 9.47 Å². The lowest BCUT2D eigenvalue weighted by molar-refractivity contribution is 0.0954. The fourth-order valence-corrected chi connectivity index (χ4v) is 5.43. The van der Waals surface area contributed by atoms with Crippen molar-refractivity contribution < 1.29 is 14.3 Å². The lowest BCUT2D eigenvalue weighted by Crippen LogP contribution is -2.46. The summed E-state index contributed by atoms with van der Waals surface area (Å²) in [5.41, 5.74) is 1.88. The Labute approximate surface area is 204 Å². The highest BCUT2D eigenvalue weighted by Crippen LogP contribution is 2.35. The Morgan fingerprint density at radius 2 is 1.94 bits per heavy atom. The van der Waals surface area contributed by atoms with Crippen LogP contribution in [0.3, 0.4) is 0 Å². The Morgan fingerprint density at radius 3 is 2.65 bits per heavy atom. The molecule has 1 aromatic carbocycles. The van der Waals surface area contributed by atoms with Gasteiger partial charge in [-0.05, 0) is 50.1 Å². The van der Waals surface area contributed by atoms with Crippen LogP contribution in [0.1, 0.15) is 41.1 Å². The van der Waals surface area contributed by atoms with Gasteiger partial charge in [0.2, 0.25) is 0 Å². The van der Waals surface area contributed by atoms with E-state index in [0.717, 1.165) is 59.9 Å². The summed E-state index contributed by atoms with van der Waals surface area (Å²) in [6.45, 7) is 12.2. The van der Waals surface area contributed by atoms with Crippen LogP contribution in [0.5, 0.6) is 11.5 Å². The number of aromatic nitrogens is 2. The number of nitrogens with one attached hydrogen (secondary N) is 1. The van der Waals surface area contributed by atoms with Crippen molar-refractivity contribution in [1.29, 1.82) is 0 Å². The molecule has 0 radical (unpaired) electrons. The quantitative estimate of drug-likeness (QED) is 0.495. The fourth-order valence-electron chi connectivity index (χ4n) is 4.37. The van der Waals surface area contributed by atoms with Crippen molar-refractivity contribution in [2.45, 2.75) is 33.7 Å². The minimum Gasteiger partial charge on any atom is -0.493 e. The van der Waals surface area contributed by atoms with Gasteiger partial charge >= 0.3 is 0 Å². The molecule has 0 aliphatic carbocycles. The number of rotatable bonds is 9. The molecule has 9 heteroatoms. The molecule has 0 spiro atoms. The number of hydrogen-bond donors (Lipinski definition) is 1. The van der Waals surface area contributed by atoms with Gasteiger partial charge in [-0.1, -0.05) is 13.0 Å². The van der Waals surface area contributed by atoms with E-state index in [1.807, 2.05) is 32.0 Å². The molecule has 3 heterocycles. The summed E-state index contributed by atoms with van der Waals surface area (Å²) in [6, 6.07) is 5.70. The summed E-state index contributed by atoms with van der Waals surface area (Å²) in [7, 11) is 1.61. The minimum absolute atomic E-state index is 0.105. The van der Waals surface area contributed by atoms with Gasteiger partial charge in [0, 0.05) is 32.7 Å². The summed E-state index contributed by atoms with van der Waals surface area (Å²) < 4.78 is 11.0. The Balaban J connectivity index is 1.50. The highest BCUT2D eigenvalue weighted by molar-refractivity contribution is 7.20. The molecule has 3 aromatic rings. The molecule has 182 valence electrons. The number of amides is 1. The molecule has 0 atom stereocenters. The molecule has 1 saturated heterocycles. The van der Waals surface area contributed by atoms with Gasteiger partial charge in [0.25, 0.3) is 5.91 Å². The highest BCUT2D eigenvalue weighted by Gasteiger charge is 2.24. The van der Waals surface area contributed by atoms with E-state index in [9.17, 15) is 4.79 Å². The van der Waals surface area contributed by atoms with E-state index in [1.165, 1.54) is 17.8 Å². The SMILES string of the molecule is CCCN1CCN(c2ncnc3sc(C(=O)NCc4ccc(OCC)c(OC)c4)c(C)c23)CC1. The van der Waals surface area contributed by atoms with Crippen LogP contribution in [0.25, 0.3) is 10.2 Å². The van der Waals surface area contributed by atoms with Gasteiger partial charge in [0.15, 0.2) is 11.5 Å². The second kappa shape index (κ2) is 11.0. The second-order valence-electron chi connectivity index (χ2n) is 8.36. The topological polar surface area (TPSA) is 79.8 Å². The Hall–Kier alpha value is -2.91. The first-order valence-electron chi connectivity index (χ1n) is 11.8. The number of carbonyl (C=O) groups excluding carboxylic acids is 1. The Bertz CT molecular complexity index is 1140. The molecule has 1 amide bonds. The molecule has 4 rings (SSSR count). The molecular formula is C25H33N5O3S. The predicted octanol–water partition coefficient (Wildman–Crippen LogP) is 3.87. The zero-order chi connectivity index (χ0) is 24.1. The van der Waals surface area contributed by atoms with E-state index in [0.29, 0.717) is 29.5 Å². The van der Waals surface area contributed by atoms with Crippen molar-refractivity contribution in [3.8, 4) is 11.5 Å². The molecular weight excluding hydrogens is 450 g/mol. The predicted molar refractivity (Wildman–Crippen MR) is 136 cm³/mol. The van der Waals surface area contributed by atoms with Gasteiger partial charge in [-0.3, -0.25) is 9.69 Å². The number of anilines is 1. The summed E-state index contributed by atoms with van der Waals surface area (Å²) in [5, 5.41) is 4.04. The lowest BCUT2D eigenvalue weighted by Gasteiger charge is -2.35. The summed E-state index contributed by atoms with van der Waals surface area (Å²) >= 11 is 1.43. The number of hydrogen-bond acceptors (Lipinski definition) is 8. The van der Waals surface area contributed by atoms with Crippen LogP contribution < -0.4 is 19.7 Å². The lowest BCUT2D eigenvalue weighted by atomic mass is 10.1. The third-order valence-electron chi connectivity index (χ3n) is 6.11. The van der Waals surface area contributed by atoms with Gasteiger partial charge in [-0.2, -0.15) is 0 Å². The largest absolute Gasteiger partial charge is 0.493 e. The van der Waals surface area contributed by atoms with Gasteiger partial charge in [-0.25, -0.2) is 9.97 Å². The molecule has 34 heavy (non-hydrogen) atoms. The average molecular weight is 484 g/mol. The molecule has 1 N–H and O–H groups in total. The molecule has 0 unspecified atom stereocenters. The van der Waals surface area contributed by atoms with E-state index in [2.05, 4.69) is 32.0 Å². The van der Waals surface area contributed by atoms with Gasteiger partial charge in [0.1, 0.15) is 17.0 Å². The second-order valence-corrected chi connectivity index (χ2v) is 9.36. The van der Waals surface area contributed by atoms with Crippen LogP contribution >= 0.6 is 11.3 Å². The third-order valence-corrected chi connectivity index (χ3v) is 7.30. The van der Waals surface area contributed by atoms with Crippen molar-refractivity contribution in [3.05, 3.63) is 40.5 Å². The standard InChI is InChI=1S/C25H33N5O3S/c1-5-9-29-10-12-30(13-11-29)23-21-17(3)22(34-25(21)28-16-27-23)24(31)26-15-18-7-8-19(33-6-2)20(14-18)32-4/h7-8,14,16H,5-6,9-13,15H2,1-4H3,(H,26,31). The van der Waals surface area contributed by atoms with E-state index in [1.54, 1.807) is 13.4 Å². The fraction of sp³-hybridized carbons (Fsp3) is 0.480. The van der Waals surface area contributed by atoms with Crippen LogP contribution in [-0.4, -0.2) is 67.2 Å². The number of aryl methyl sites for hydroxylation is 1.